The molecule has 1 aromatic rings. The van der Waals surface area contributed by atoms with E-state index < -0.39 is 0 Å². The van der Waals surface area contributed by atoms with Crippen molar-refractivity contribution in [3.63, 3.8) is 0 Å². The second-order valence-electron chi connectivity index (χ2n) is 4.50. The average Bonchev–Trinajstić information content (AvgIpc) is 2.82. The van der Waals surface area contributed by atoms with E-state index in [9.17, 15) is 4.79 Å². The molecular weight excluding hydrogens is 228 g/mol. The van der Waals surface area contributed by atoms with Crippen LogP contribution >= 0.6 is 0 Å². The van der Waals surface area contributed by atoms with E-state index in [1.54, 1.807) is 4.90 Å². The maximum Gasteiger partial charge on any atom is 0.414 e. The van der Waals surface area contributed by atoms with Crippen LogP contribution in [0.2, 0.25) is 0 Å². The van der Waals surface area contributed by atoms with Crippen molar-refractivity contribution < 1.29 is 9.53 Å². The number of carbonyl (C=O) groups excluding carboxylic acids is 1. The number of hydrogen-bond acceptors (Lipinski definition) is 3. The Balaban J connectivity index is 2.22. The van der Waals surface area contributed by atoms with E-state index >= 15 is 0 Å². The fourth-order valence-electron chi connectivity index (χ4n) is 2.18. The molecule has 1 heterocycles. The summed E-state index contributed by atoms with van der Waals surface area (Å²) in [6.45, 7) is 6.35. The smallest absolute Gasteiger partial charge is 0.414 e. The normalized spacial score (nSPS) is 16.8. The van der Waals surface area contributed by atoms with Gasteiger partial charge in [-0.15, -0.1) is 0 Å². The van der Waals surface area contributed by atoms with Crippen molar-refractivity contribution in [1.29, 1.82) is 0 Å². The van der Waals surface area contributed by atoms with Gasteiger partial charge in [0.1, 0.15) is 6.61 Å². The fraction of sp³-hybridized carbons (Fsp3) is 0.500. The standard InChI is InChI=1S/C14H20N2O2/c1-3-8-15-11(2)12-6-4-5-7-13(12)16-9-10-18-14(16)17/h4-7,11,15H,3,8-10H2,1-2H3. The van der Waals surface area contributed by atoms with E-state index in [2.05, 4.69) is 25.2 Å². The van der Waals surface area contributed by atoms with Crippen molar-refractivity contribution in [1.82, 2.24) is 5.32 Å². The van der Waals surface area contributed by atoms with Gasteiger partial charge < -0.3 is 10.1 Å². The summed E-state index contributed by atoms with van der Waals surface area (Å²) >= 11 is 0. The van der Waals surface area contributed by atoms with Crippen LogP contribution in [0.5, 0.6) is 0 Å². The molecule has 1 amide bonds. The number of cyclic esters (lactones) is 1. The summed E-state index contributed by atoms with van der Waals surface area (Å²) in [7, 11) is 0. The number of nitrogens with zero attached hydrogens (tertiary/aromatic N) is 1. The Bertz CT molecular complexity index is 420. The second kappa shape index (κ2) is 5.87. The van der Waals surface area contributed by atoms with Gasteiger partial charge >= 0.3 is 6.09 Å². The number of nitrogens with one attached hydrogen (secondary N) is 1. The van der Waals surface area contributed by atoms with Crippen molar-refractivity contribution in [2.24, 2.45) is 0 Å². The van der Waals surface area contributed by atoms with Crippen molar-refractivity contribution >= 4 is 11.8 Å². The molecule has 1 atom stereocenters. The van der Waals surface area contributed by atoms with Gasteiger partial charge in [0.15, 0.2) is 0 Å². The molecule has 1 fully saturated rings. The molecule has 0 aliphatic carbocycles. The molecule has 1 N–H and O–H groups in total. The molecule has 4 heteroatoms. The zero-order valence-corrected chi connectivity index (χ0v) is 11.0. The predicted octanol–water partition coefficient (Wildman–Crippen LogP) is 2.70. The van der Waals surface area contributed by atoms with E-state index in [1.807, 2.05) is 18.2 Å². The molecule has 2 rings (SSSR count). The highest BCUT2D eigenvalue weighted by atomic mass is 16.6. The van der Waals surface area contributed by atoms with Gasteiger partial charge in [-0.3, -0.25) is 4.90 Å². The first kappa shape index (κ1) is 12.9. The second-order valence-corrected chi connectivity index (χ2v) is 4.50. The van der Waals surface area contributed by atoms with E-state index in [4.69, 9.17) is 4.74 Å². The summed E-state index contributed by atoms with van der Waals surface area (Å²) in [6, 6.07) is 8.23. The van der Waals surface area contributed by atoms with Crippen LogP contribution in [0.4, 0.5) is 10.5 Å². The first-order valence-corrected chi connectivity index (χ1v) is 6.50. The molecule has 18 heavy (non-hydrogen) atoms. The molecule has 0 spiro atoms. The first-order chi connectivity index (χ1) is 8.74. The Morgan fingerprint density at radius 3 is 2.89 bits per heavy atom. The minimum atomic E-state index is -0.245. The lowest BCUT2D eigenvalue weighted by molar-refractivity contribution is 0.181. The third-order valence-corrected chi connectivity index (χ3v) is 3.16. The molecule has 1 aliphatic heterocycles. The van der Waals surface area contributed by atoms with Crippen LogP contribution in [0.1, 0.15) is 31.9 Å². The summed E-state index contributed by atoms with van der Waals surface area (Å²) in [4.78, 5) is 13.4. The van der Waals surface area contributed by atoms with E-state index in [1.165, 1.54) is 0 Å². The van der Waals surface area contributed by atoms with Crippen molar-refractivity contribution in [2.45, 2.75) is 26.3 Å². The van der Waals surface area contributed by atoms with Crippen LogP contribution in [0.3, 0.4) is 0 Å². The zero-order chi connectivity index (χ0) is 13.0. The van der Waals surface area contributed by atoms with Crippen LogP contribution in [0.15, 0.2) is 24.3 Å². The monoisotopic (exact) mass is 248 g/mol. The predicted molar refractivity (Wildman–Crippen MR) is 71.8 cm³/mol. The van der Waals surface area contributed by atoms with Crippen molar-refractivity contribution in [3.05, 3.63) is 29.8 Å². The highest BCUT2D eigenvalue weighted by molar-refractivity contribution is 5.90. The molecule has 0 aromatic heterocycles. The molecule has 1 saturated heterocycles. The molecule has 0 radical (unpaired) electrons. The molecule has 1 unspecified atom stereocenters. The zero-order valence-electron chi connectivity index (χ0n) is 11.0. The van der Waals surface area contributed by atoms with Gasteiger partial charge in [-0.05, 0) is 31.5 Å². The largest absolute Gasteiger partial charge is 0.447 e. The number of rotatable bonds is 5. The Morgan fingerprint density at radius 1 is 1.44 bits per heavy atom. The van der Waals surface area contributed by atoms with E-state index in [0.717, 1.165) is 24.2 Å². The Kier molecular flexibility index (Phi) is 4.20. The maximum absolute atomic E-state index is 11.6. The van der Waals surface area contributed by atoms with Gasteiger partial charge in [-0.2, -0.15) is 0 Å². The molecule has 1 aliphatic rings. The number of amides is 1. The third kappa shape index (κ3) is 2.64. The maximum atomic E-state index is 11.6. The lowest BCUT2D eigenvalue weighted by Crippen LogP contribution is -2.27. The van der Waals surface area contributed by atoms with Crippen LogP contribution in [0.25, 0.3) is 0 Å². The van der Waals surface area contributed by atoms with Crippen LogP contribution in [-0.2, 0) is 4.74 Å². The molecule has 4 nitrogen and oxygen atoms in total. The Labute approximate surface area is 108 Å². The average molecular weight is 248 g/mol. The molecule has 0 saturated carbocycles. The van der Waals surface area contributed by atoms with Gasteiger partial charge in [0, 0.05) is 6.04 Å². The number of benzene rings is 1. The van der Waals surface area contributed by atoms with Crippen LogP contribution < -0.4 is 10.2 Å². The van der Waals surface area contributed by atoms with Gasteiger partial charge in [0.2, 0.25) is 0 Å². The van der Waals surface area contributed by atoms with E-state index in [-0.39, 0.29) is 12.1 Å². The number of carbonyl (C=O) groups is 1. The first-order valence-electron chi connectivity index (χ1n) is 6.50. The number of hydrogen-bond donors (Lipinski definition) is 1. The highest BCUT2D eigenvalue weighted by Crippen LogP contribution is 2.28. The lowest BCUT2D eigenvalue weighted by atomic mass is 10.1. The third-order valence-electron chi connectivity index (χ3n) is 3.16. The van der Waals surface area contributed by atoms with Crippen molar-refractivity contribution in [3.8, 4) is 0 Å². The van der Waals surface area contributed by atoms with Crippen LogP contribution in [0, 0.1) is 0 Å². The summed E-state index contributed by atoms with van der Waals surface area (Å²) in [5, 5.41) is 3.45. The van der Waals surface area contributed by atoms with Crippen molar-refractivity contribution in [2.75, 3.05) is 24.6 Å². The fourth-order valence-corrected chi connectivity index (χ4v) is 2.18. The number of ether oxygens (including phenoxy) is 1. The SMILES string of the molecule is CCCNC(C)c1ccccc1N1CCOC1=O. The minimum Gasteiger partial charge on any atom is -0.447 e. The molecular formula is C14H20N2O2. The van der Waals surface area contributed by atoms with Crippen LogP contribution in [-0.4, -0.2) is 25.8 Å². The van der Waals surface area contributed by atoms with Gasteiger partial charge in [-0.25, -0.2) is 4.79 Å². The summed E-state index contributed by atoms with van der Waals surface area (Å²) < 4.78 is 5.00. The summed E-state index contributed by atoms with van der Waals surface area (Å²) in [6.07, 6.45) is 0.850. The number of anilines is 1. The van der Waals surface area contributed by atoms with Gasteiger partial charge in [-0.1, -0.05) is 25.1 Å². The Hall–Kier alpha value is -1.55. The quantitative estimate of drug-likeness (QED) is 0.871. The lowest BCUT2D eigenvalue weighted by Gasteiger charge is -2.22. The minimum absolute atomic E-state index is 0.231. The topological polar surface area (TPSA) is 41.6 Å². The van der Waals surface area contributed by atoms with E-state index in [0.29, 0.717) is 13.2 Å². The molecule has 1 aromatic carbocycles. The molecule has 0 bridgehead atoms. The molecule has 98 valence electrons. The number of para-hydroxylation sites is 1. The Morgan fingerprint density at radius 2 is 2.22 bits per heavy atom. The summed E-state index contributed by atoms with van der Waals surface area (Å²) in [5.74, 6) is 0. The summed E-state index contributed by atoms with van der Waals surface area (Å²) in [5.41, 5.74) is 2.10. The van der Waals surface area contributed by atoms with Gasteiger partial charge in [0.05, 0.1) is 12.2 Å². The van der Waals surface area contributed by atoms with Gasteiger partial charge in [0.25, 0.3) is 0 Å². The highest BCUT2D eigenvalue weighted by Gasteiger charge is 2.26.